The number of ether oxygens (including phenoxy) is 2. The summed E-state index contributed by atoms with van der Waals surface area (Å²) in [5.41, 5.74) is 3.51. The molecule has 0 spiro atoms. The number of carbonyl (C=O) groups is 3. The minimum atomic E-state index is -0.968. The summed E-state index contributed by atoms with van der Waals surface area (Å²) in [5, 5.41) is 24.7. The first-order chi connectivity index (χ1) is 20.8. The van der Waals surface area contributed by atoms with E-state index in [1.165, 1.54) is 18.7 Å². The van der Waals surface area contributed by atoms with Crippen LogP contribution < -0.4 is 10.6 Å². The van der Waals surface area contributed by atoms with E-state index in [1.54, 1.807) is 18.2 Å². The van der Waals surface area contributed by atoms with Crippen LogP contribution in [0.5, 0.6) is 0 Å². The predicted molar refractivity (Wildman–Crippen MR) is 165 cm³/mol. The average molecular weight is 607 g/mol. The Bertz CT molecular complexity index is 1360. The summed E-state index contributed by atoms with van der Waals surface area (Å²) in [6.07, 6.45) is 2.26. The van der Waals surface area contributed by atoms with Crippen molar-refractivity contribution in [2.45, 2.75) is 69.0 Å². The van der Waals surface area contributed by atoms with Gasteiger partial charge < -0.3 is 30.3 Å². The number of rotatable bonds is 14. The molecular formula is C33H38N2O7S. The Morgan fingerprint density at radius 2 is 1.63 bits per heavy atom. The van der Waals surface area contributed by atoms with Crippen LogP contribution in [0.3, 0.4) is 0 Å². The van der Waals surface area contributed by atoms with Gasteiger partial charge in [0.25, 0.3) is 0 Å². The van der Waals surface area contributed by atoms with Gasteiger partial charge in [-0.15, -0.1) is 11.8 Å². The normalized spacial score (nSPS) is 18.1. The number of carboxylic acid groups (broad SMARTS) is 1. The van der Waals surface area contributed by atoms with E-state index < -0.39 is 12.3 Å². The van der Waals surface area contributed by atoms with Crippen LogP contribution in [-0.4, -0.2) is 46.4 Å². The van der Waals surface area contributed by atoms with Crippen molar-refractivity contribution < 1.29 is 34.1 Å². The zero-order valence-electron chi connectivity index (χ0n) is 24.2. The van der Waals surface area contributed by atoms with Gasteiger partial charge in [0.15, 0.2) is 6.29 Å². The fourth-order valence-electron chi connectivity index (χ4n) is 4.77. The molecule has 1 aliphatic heterocycles. The van der Waals surface area contributed by atoms with E-state index in [-0.39, 0.29) is 36.2 Å². The number of amides is 2. The smallest absolute Gasteiger partial charge is 0.336 e. The van der Waals surface area contributed by atoms with Crippen molar-refractivity contribution in [1.29, 1.82) is 0 Å². The lowest BCUT2D eigenvalue weighted by atomic mass is 10.0. The maximum atomic E-state index is 12.4. The minimum Gasteiger partial charge on any atom is -0.478 e. The van der Waals surface area contributed by atoms with Crippen molar-refractivity contribution in [2.24, 2.45) is 0 Å². The van der Waals surface area contributed by atoms with E-state index in [0.717, 1.165) is 36.0 Å². The van der Waals surface area contributed by atoms with Crippen LogP contribution in [0.2, 0.25) is 0 Å². The highest BCUT2D eigenvalue weighted by Gasteiger charge is 2.32. The Morgan fingerprint density at radius 1 is 0.907 bits per heavy atom. The Hall–Kier alpha value is -3.70. The lowest BCUT2D eigenvalue weighted by Gasteiger charge is -2.36. The third-order valence-corrected chi connectivity index (χ3v) is 8.28. The number of thioether (sulfide) groups is 1. The summed E-state index contributed by atoms with van der Waals surface area (Å²) >= 11 is 1.44. The summed E-state index contributed by atoms with van der Waals surface area (Å²) < 4.78 is 12.8. The van der Waals surface area contributed by atoms with E-state index in [9.17, 15) is 24.6 Å². The fraction of sp³-hybridized carbons (Fsp3) is 0.364. The third-order valence-electron chi connectivity index (χ3n) is 7.08. The maximum Gasteiger partial charge on any atom is 0.336 e. The van der Waals surface area contributed by atoms with E-state index in [1.807, 2.05) is 54.6 Å². The van der Waals surface area contributed by atoms with Gasteiger partial charge in [0.05, 0.1) is 24.4 Å². The molecule has 0 aliphatic carbocycles. The van der Waals surface area contributed by atoms with Crippen molar-refractivity contribution in [3.05, 3.63) is 95.1 Å². The lowest BCUT2D eigenvalue weighted by Crippen LogP contribution is -2.31. The topological polar surface area (TPSA) is 134 Å². The quantitative estimate of drug-likeness (QED) is 0.133. The monoisotopic (exact) mass is 606 g/mol. The van der Waals surface area contributed by atoms with E-state index in [0.29, 0.717) is 35.7 Å². The Kier molecular flexibility index (Phi) is 12.2. The maximum absolute atomic E-state index is 12.4. The van der Waals surface area contributed by atoms with Crippen LogP contribution in [0.1, 0.15) is 78.5 Å². The van der Waals surface area contributed by atoms with Crippen molar-refractivity contribution >= 4 is 35.2 Å². The minimum absolute atomic E-state index is 0.0404. The van der Waals surface area contributed by atoms with Crippen molar-refractivity contribution in [3.8, 4) is 0 Å². The molecule has 2 amide bonds. The first-order valence-corrected chi connectivity index (χ1v) is 15.4. The Balaban J connectivity index is 1.39. The van der Waals surface area contributed by atoms with Gasteiger partial charge in [-0.1, -0.05) is 55.0 Å². The molecule has 0 unspecified atom stereocenters. The molecule has 0 aromatic heterocycles. The summed E-state index contributed by atoms with van der Waals surface area (Å²) in [5.74, 6) is -0.547. The number of aliphatic hydroxyl groups excluding tert-OH is 1. The molecule has 3 atom stereocenters. The highest BCUT2D eigenvalue weighted by atomic mass is 32.2. The predicted octanol–water partition coefficient (Wildman–Crippen LogP) is 5.85. The number of nitrogens with one attached hydrogen (secondary N) is 2. The molecular weight excluding hydrogens is 568 g/mol. The van der Waals surface area contributed by atoms with Crippen molar-refractivity contribution in [1.82, 2.24) is 5.32 Å². The second-order valence-electron chi connectivity index (χ2n) is 10.4. The largest absolute Gasteiger partial charge is 0.478 e. The molecule has 9 nitrogen and oxygen atoms in total. The fourth-order valence-corrected chi connectivity index (χ4v) is 5.84. The number of aliphatic hydroxyl groups is 1. The van der Waals surface area contributed by atoms with Gasteiger partial charge in [-0.05, 0) is 48.2 Å². The number of carbonyl (C=O) groups excluding carboxylic acids is 2. The molecule has 3 aromatic rings. The van der Waals surface area contributed by atoms with Crippen LogP contribution in [0, 0.1) is 0 Å². The van der Waals surface area contributed by atoms with Gasteiger partial charge in [0.1, 0.15) is 0 Å². The first-order valence-electron chi connectivity index (χ1n) is 14.4. The average Bonchev–Trinajstić information content (AvgIpc) is 3.02. The highest BCUT2D eigenvalue weighted by molar-refractivity contribution is 7.99. The van der Waals surface area contributed by atoms with Gasteiger partial charge >= 0.3 is 5.97 Å². The molecule has 43 heavy (non-hydrogen) atoms. The molecule has 1 aliphatic rings. The SMILES string of the molecule is CC(=O)NCCCCCC(=O)Nc1ccc([C@H]2O[C@@H](CSc3ccccc3C(=O)O)C[C@@H](c3ccc(CO)cc3)O2)cc1. The second kappa shape index (κ2) is 16.2. The van der Waals surface area contributed by atoms with Crippen LogP contribution >= 0.6 is 11.8 Å². The first kappa shape index (κ1) is 32.2. The van der Waals surface area contributed by atoms with Gasteiger partial charge in [0, 0.05) is 48.2 Å². The van der Waals surface area contributed by atoms with Crippen molar-refractivity contribution in [3.63, 3.8) is 0 Å². The molecule has 0 bridgehead atoms. The second-order valence-corrected chi connectivity index (χ2v) is 11.5. The molecule has 10 heteroatoms. The number of hydrogen-bond acceptors (Lipinski definition) is 7. The molecule has 1 fully saturated rings. The van der Waals surface area contributed by atoms with E-state index >= 15 is 0 Å². The van der Waals surface area contributed by atoms with Crippen molar-refractivity contribution in [2.75, 3.05) is 17.6 Å². The molecule has 228 valence electrons. The molecule has 0 radical (unpaired) electrons. The number of aromatic carboxylic acids is 1. The zero-order valence-corrected chi connectivity index (χ0v) is 25.0. The standard InChI is InChI=1S/C33H38N2O7S/c1-22(37)34-18-6-2-3-9-31(38)35-26-16-14-25(15-17-26)33-41-27(21-43-30-8-5-4-7-28(30)32(39)40)19-29(42-33)24-12-10-23(20-36)11-13-24/h4-5,7-8,10-17,27,29,33,36H,2-3,6,9,18-21H2,1H3,(H,34,37)(H,35,38)(H,39,40)/t27-,29+,33+/m1/s1. The van der Waals surface area contributed by atoms with E-state index in [2.05, 4.69) is 10.6 Å². The van der Waals surface area contributed by atoms with Crippen LogP contribution in [0.4, 0.5) is 5.69 Å². The number of benzene rings is 3. The highest BCUT2D eigenvalue weighted by Crippen LogP contribution is 2.40. The molecule has 1 saturated heterocycles. The number of carboxylic acids is 1. The molecule has 1 heterocycles. The van der Waals surface area contributed by atoms with Crippen LogP contribution in [-0.2, 0) is 25.7 Å². The summed E-state index contributed by atoms with van der Waals surface area (Å²) in [4.78, 5) is 35.7. The van der Waals surface area contributed by atoms with E-state index in [4.69, 9.17) is 9.47 Å². The van der Waals surface area contributed by atoms with Gasteiger partial charge in [0.2, 0.25) is 11.8 Å². The summed E-state index contributed by atoms with van der Waals surface area (Å²) in [6.45, 7) is 2.07. The van der Waals surface area contributed by atoms with Gasteiger partial charge in [-0.25, -0.2) is 4.79 Å². The molecule has 4 N–H and O–H groups in total. The Morgan fingerprint density at radius 3 is 2.33 bits per heavy atom. The molecule has 0 saturated carbocycles. The summed E-state index contributed by atoms with van der Waals surface area (Å²) in [6, 6.07) is 21.9. The van der Waals surface area contributed by atoms with Crippen LogP contribution in [0.25, 0.3) is 0 Å². The lowest BCUT2D eigenvalue weighted by molar-refractivity contribution is -0.245. The van der Waals surface area contributed by atoms with Crippen LogP contribution in [0.15, 0.2) is 77.7 Å². The third kappa shape index (κ3) is 9.93. The molecule has 3 aromatic carbocycles. The number of anilines is 1. The zero-order chi connectivity index (χ0) is 30.6. The summed E-state index contributed by atoms with van der Waals surface area (Å²) in [7, 11) is 0. The van der Waals surface area contributed by atoms with Gasteiger partial charge in [-0.3, -0.25) is 9.59 Å². The Labute approximate surface area is 256 Å². The van der Waals surface area contributed by atoms with Gasteiger partial charge in [-0.2, -0.15) is 0 Å². The molecule has 4 rings (SSSR count). The number of hydrogen-bond donors (Lipinski definition) is 4. The number of unbranched alkanes of at least 4 members (excludes halogenated alkanes) is 2.